The maximum Gasteiger partial charge on any atom is 0.333 e. The van der Waals surface area contributed by atoms with Gasteiger partial charge in [-0.3, -0.25) is 0 Å². The number of benzene rings is 1. The zero-order valence-electron chi connectivity index (χ0n) is 14.6. The normalized spacial score (nSPS) is 10.1. The monoisotopic (exact) mass is 330 g/mol. The second kappa shape index (κ2) is 10.4. The van der Waals surface area contributed by atoms with Crippen molar-refractivity contribution in [2.75, 3.05) is 13.2 Å². The van der Waals surface area contributed by atoms with Gasteiger partial charge in [0.05, 0.1) is 13.2 Å². The highest BCUT2D eigenvalue weighted by Gasteiger charge is 2.11. The van der Waals surface area contributed by atoms with E-state index in [0.29, 0.717) is 50.0 Å². The van der Waals surface area contributed by atoms with Crippen LogP contribution in [0, 0.1) is 0 Å². The molecule has 0 bridgehead atoms. The van der Waals surface area contributed by atoms with E-state index in [1.165, 1.54) is 0 Å². The minimum absolute atomic E-state index is 0.342. The largest absolute Gasteiger partial charge is 0.463 e. The van der Waals surface area contributed by atoms with Crippen LogP contribution in [0.5, 0.6) is 0 Å². The second-order valence-electron chi connectivity index (χ2n) is 5.42. The summed E-state index contributed by atoms with van der Waals surface area (Å²) in [4.78, 5) is 23.2. The summed E-state index contributed by atoms with van der Waals surface area (Å²) in [5, 5.41) is 0. The lowest BCUT2D eigenvalue weighted by Crippen LogP contribution is -2.09. The van der Waals surface area contributed by atoms with E-state index < -0.39 is 0 Å². The molecular weight excluding hydrogens is 304 g/mol. The van der Waals surface area contributed by atoms with Crippen molar-refractivity contribution in [2.24, 2.45) is 0 Å². The molecule has 1 aromatic rings. The van der Waals surface area contributed by atoms with E-state index in [1.807, 2.05) is 24.3 Å². The highest BCUT2D eigenvalue weighted by molar-refractivity contribution is 5.88. The first kappa shape index (κ1) is 19.7. The highest BCUT2D eigenvalue weighted by atomic mass is 16.5. The third-order valence-electron chi connectivity index (χ3n) is 3.64. The first-order valence-electron chi connectivity index (χ1n) is 8.26. The van der Waals surface area contributed by atoms with Gasteiger partial charge in [0.25, 0.3) is 0 Å². The number of hydrogen-bond donors (Lipinski definition) is 0. The number of ether oxygens (including phenoxy) is 2. The van der Waals surface area contributed by atoms with Gasteiger partial charge in [-0.2, -0.15) is 0 Å². The maximum absolute atomic E-state index is 11.6. The standard InChI is InChI=1S/C20H26O4/c1-5-23-19(21)15(3)11-13-17-9-7-8-10-18(17)14-12-16(4)20(22)24-6-2/h7-10H,3-6,11-14H2,1-2H3. The van der Waals surface area contributed by atoms with Crippen molar-refractivity contribution in [2.45, 2.75) is 39.5 Å². The molecule has 130 valence electrons. The molecule has 0 fully saturated rings. The molecule has 0 spiro atoms. The molecule has 24 heavy (non-hydrogen) atoms. The van der Waals surface area contributed by atoms with Crippen molar-refractivity contribution in [3.63, 3.8) is 0 Å². The Morgan fingerprint density at radius 3 is 1.54 bits per heavy atom. The van der Waals surface area contributed by atoms with Crippen molar-refractivity contribution in [1.82, 2.24) is 0 Å². The molecule has 4 nitrogen and oxygen atoms in total. The first-order chi connectivity index (χ1) is 11.5. The lowest BCUT2D eigenvalue weighted by Gasteiger charge is -2.11. The van der Waals surface area contributed by atoms with E-state index in [-0.39, 0.29) is 11.9 Å². The predicted octanol–water partition coefficient (Wildman–Crippen LogP) is 3.79. The molecule has 0 radical (unpaired) electrons. The number of carbonyl (C=O) groups is 2. The van der Waals surface area contributed by atoms with Crippen molar-refractivity contribution >= 4 is 11.9 Å². The zero-order valence-corrected chi connectivity index (χ0v) is 14.6. The summed E-state index contributed by atoms with van der Waals surface area (Å²) in [6, 6.07) is 7.99. The van der Waals surface area contributed by atoms with Crippen LogP contribution in [0.1, 0.15) is 37.8 Å². The predicted molar refractivity (Wildman–Crippen MR) is 94.6 cm³/mol. The Labute approximate surface area is 144 Å². The molecule has 4 heteroatoms. The quantitative estimate of drug-likeness (QED) is 0.484. The lowest BCUT2D eigenvalue weighted by atomic mass is 9.96. The van der Waals surface area contributed by atoms with Gasteiger partial charge in [-0.25, -0.2) is 9.59 Å². The number of carbonyl (C=O) groups excluding carboxylic acids is 2. The van der Waals surface area contributed by atoms with Crippen LogP contribution >= 0.6 is 0 Å². The molecule has 0 amide bonds. The Morgan fingerprint density at radius 2 is 1.21 bits per heavy atom. The summed E-state index contributed by atoms with van der Waals surface area (Å²) in [5.41, 5.74) is 3.23. The van der Waals surface area contributed by atoms with E-state index in [1.54, 1.807) is 13.8 Å². The molecule has 0 aromatic heterocycles. The average Bonchev–Trinajstić information content (AvgIpc) is 2.58. The third kappa shape index (κ3) is 6.41. The van der Waals surface area contributed by atoms with Crippen LogP contribution < -0.4 is 0 Å². The van der Waals surface area contributed by atoms with Crippen LogP contribution in [0.25, 0.3) is 0 Å². The van der Waals surface area contributed by atoms with Gasteiger partial charge in [0.1, 0.15) is 0 Å². The summed E-state index contributed by atoms with van der Waals surface area (Å²) in [5.74, 6) is -0.684. The summed E-state index contributed by atoms with van der Waals surface area (Å²) < 4.78 is 9.90. The Kier molecular flexibility index (Phi) is 8.55. The SMILES string of the molecule is C=C(CCc1ccccc1CCC(=C)C(=O)OCC)C(=O)OCC. The van der Waals surface area contributed by atoms with Crippen LogP contribution in [-0.2, 0) is 31.9 Å². The van der Waals surface area contributed by atoms with E-state index in [2.05, 4.69) is 13.2 Å². The molecule has 1 rings (SSSR count). The Morgan fingerprint density at radius 1 is 0.833 bits per heavy atom. The molecular formula is C20H26O4. The molecule has 0 atom stereocenters. The van der Waals surface area contributed by atoms with Crippen molar-refractivity contribution in [3.8, 4) is 0 Å². The number of hydrogen-bond acceptors (Lipinski definition) is 4. The summed E-state index contributed by atoms with van der Waals surface area (Å²) in [6.45, 7) is 11.8. The second-order valence-corrected chi connectivity index (χ2v) is 5.42. The molecule has 0 saturated carbocycles. The lowest BCUT2D eigenvalue weighted by molar-refractivity contribution is -0.139. The van der Waals surface area contributed by atoms with Crippen LogP contribution in [0.15, 0.2) is 48.6 Å². The van der Waals surface area contributed by atoms with Gasteiger partial charge in [-0.15, -0.1) is 0 Å². The van der Waals surface area contributed by atoms with Gasteiger partial charge in [0.2, 0.25) is 0 Å². The van der Waals surface area contributed by atoms with E-state index in [4.69, 9.17) is 9.47 Å². The minimum atomic E-state index is -0.342. The highest BCUT2D eigenvalue weighted by Crippen LogP contribution is 2.17. The van der Waals surface area contributed by atoms with Gasteiger partial charge >= 0.3 is 11.9 Å². The molecule has 0 aliphatic heterocycles. The van der Waals surface area contributed by atoms with Gasteiger partial charge in [0.15, 0.2) is 0 Å². The Hall–Kier alpha value is -2.36. The maximum atomic E-state index is 11.6. The number of esters is 2. The van der Waals surface area contributed by atoms with Gasteiger partial charge in [0, 0.05) is 11.1 Å². The van der Waals surface area contributed by atoms with Crippen LogP contribution in [0.2, 0.25) is 0 Å². The Balaban J connectivity index is 2.62. The zero-order chi connectivity index (χ0) is 17.9. The molecule has 0 N–H and O–H groups in total. The van der Waals surface area contributed by atoms with Crippen LogP contribution in [0.4, 0.5) is 0 Å². The topological polar surface area (TPSA) is 52.6 Å². The van der Waals surface area contributed by atoms with Gasteiger partial charge in [-0.1, -0.05) is 37.4 Å². The van der Waals surface area contributed by atoms with Crippen molar-refractivity contribution < 1.29 is 19.1 Å². The summed E-state index contributed by atoms with van der Waals surface area (Å²) >= 11 is 0. The van der Waals surface area contributed by atoms with E-state index >= 15 is 0 Å². The number of rotatable bonds is 10. The molecule has 0 heterocycles. The van der Waals surface area contributed by atoms with E-state index in [9.17, 15) is 9.59 Å². The first-order valence-corrected chi connectivity index (χ1v) is 8.26. The van der Waals surface area contributed by atoms with Crippen molar-refractivity contribution in [1.29, 1.82) is 0 Å². The van der Waals surface area contributed by atoms with E-state index in [0.717, 1.165) is 11.1 Å². The summed E-state index contributed by atoms with van der Waals surface area (Å²) in [6.07, 6.45) is 2.52. The summed E-state index contributed by atoms with van der Waals surface area (Å²) in [7, 11) is 0. The molecule has 0 unspecified atom stereocenters. The van der Waals surface area contributed by atoms with Crippen molar-refractivity contribution in [3.05, 3.63) is 59.7 Å². The minimum Gasteiger partial charge on any atom is -0.463 e. The van der Waals surface area contributed by atoms with Crippen LogP contribution in [-0.4, -0.2) is 25.2 Å². The number of aryl methyl sites for hydroxylation is 2. The molecule has 0 aliphatic carbocycles. The average molecular weight is 330 g/mol. The van der Waals surface area contributed by atoms with Gasteiger partial charge in [-0.05, 0) is 50.7 Å². The molecule has 0 saturated heterocycles. The van der Waals surface area contributed by atoms with Crippen LogP contribution in [0.3, 0.4) is 0 Å². The smallest absolute Gasteiger partial charge is 0.333 e. The Bertz CT molecular complexity index is 548. The fraction of sp³-hybridized carbons (Fsp3) is 0.400. The van der Waals surface area contributed by atoms with Gasteiger partial charge < -0.3 is 9.47 Å². The molecule has 0 aliphatic rings. The third-order valence-corrected chi connectivity index (χ3v) is 3.64. The molecule has 1 aromatic carbocycles. The fourth-order valence-corrected chi connectivity index (χ4v) is 2.29. The fourth-order valence-electron chi connectivity index (χ4n) is 2.29.